The molecule has 0 bridgehead atoms. The van der Waals surface area contributed by atoms with Crippen LogP contribution in [0.25, 0.3) is 5.76 Å². The lowest BCUT2D eigenvalue weighted by Gasteiger charge is -2.09. The van der Waals surface area contributed by atoms with E-state index in [-0.39, 0.29) is 5.75 Å². The van der Waals surface area contributed by atoms with Crippen molar-refractivity contribution in [2.45, 2.75) is 0 Å². The van der Waals surface area contributed by atoms with Gasteiger partial charge in [-0.3, -0.25) is 0 Å². The number of rotatable bonds is 4. The lowest BCUT2D eigenvalue weighted by Crippen LogP contribution is -1.93. The summed E-state index contributed by atoms with van der Waals surface area (Å²) in [4.78, 5) is 0. The quantitative estimate of drug-likeness (QED) is 0.834. The van der Waals surface area contributed by atoms with Gasteiger partial charge >= 0.3 is 0 Å². The second-order valence-electron chi connectivity index (χ2n) is 3.75. The third-order valence-electron chi connectivity index (χ3n) is 2.49. The van der Waals surface area contributed by atoms with Gasteiger partial charge < -0.3 is 14.6 Å². The van der Waals surface area contributed by atoms with Gasteiger partial charge in [-0.1, -0.05) is 6.58 Å². The predicted molar refractivity (Wildman–Crippen MR) is 70.8 cm³/mol. The Labute approximate surface area is 106 Å². The molecule has 0 unspecified atom stereocenters. The van der Waals surface area contributed by atoms with E-state index in [4.69, 9.17) is 9.47 Å². The normalized spacial score (nSPS) is 9.83. The Morgan fingerprint density at radius 2 is 1.50 bits per heavy atom. The number of ether oxygens (including phenoxy) is 2. The average Bonchev–Trinajstić information content (AvgIpc) is 2.40. The van der Waals surface area contributed by atoms with Crippen LogP contribution >= 0.6 is 0 Å². The number of aromatic hydroxyl groups is 1. The fourth-order valence-corrected chi connectivity index (χ4v) is 1.49. The second kappa shape index (κ2) is 5.27. The van der Waals surface area contributed by atoms with Gasteiger partial charge in [-0.15, -0.1) is 0 Å². The van der Waals surface area contributed by atoms with Gasteiger partial charge in [0.25, 0.3) is 0 Å². The maximum atomic E-state index is 9.20. The van der Waals surface area contributed by atoms with E-state index in [0.717, 1.165) is 11.3 Å². The average molecular weight is 242 g/mol. The smallest absolute Gasteiger partial charge is 0.127 e. The van der Waals surface area contributed by atoms with Crippen LogP contribution in [0.2, 0.25) is 0 Å². The molecule has 92 valence electrons. The van der Waals surface area contributed by atoms with Gasteiger partial charge in [-0.25, -0.2) is 0 Å². The Kier molecular flexibility index (Phi) is 3.53. The van der Waals surface area contributed by atoms with E-state index < -0.39 is 0 Å². The summed E-state index contributed by atoms with van der Waals surface area (Å²) in [5, 5.41) is 9.20. The van der Waals surface area contributed by atoms with Gasteiger partial charge in [-0.2, -0.15) is 0 Å². The van der Waals surface area contributed by atoms with Gasteiger partial charge in [0.05, 0.1) is 7.11 Å². The van der Waals surface area contributed by atoms with Crippen molar-refractivity contribution in [2.24, 2.45) is 0 Å². The minimum Gasteiger partial charge on any atom is -0.508 e. The lowest BCUT2D eigenvalue weighted by atomic mass is 10.2. The second-order valence-corrected chi connectivity index (χ2v) is 3.75. The molecule has 3 heteroatoms. The van der Waals surface area contributed by atoms with Crippen LogP contribution < -0.4 is 9.47 Å². The number of hydrogen-bond acceptors (Lipinski definition) is 3. The number of phenols is 1. The summed E-state index contributed by atoms with van der Waals surface area (Å²) < 4.78 is 10.7. The molecule has 0 spiro atoms. The van der Waals surface area contributed by atoms with Crippen LogP contribution in [0.3, 0.4) is 0 Å². The van der Waals surface area contributed by atoms with Crippen molar-refractivity contribution in [3.05, 3.63) is 60.7 Å². The number of methoxy groups -OCH3 is 1. The van der Waals surface area contributed by atoms with E-state index in [0.29, 0.717) is 11.5 Å². The molecule has 0 aromatic heterocycles. The molecule has 1 N–H and O–H groups in total. The van der Waals surface area contributed by atoms with Crippen LogP contribution in [0.1, 0.15) is 5.56 Å². The Balaban J connectivity index is 2.08. The summed E-state index contributed by atoms with van der Waals surface area (Å²) >= 11 is 0. The summed E-state index contributed by atoms with van der Waals surface area (Å²) in [7, 11) is 1.62. The molecule has 0 aliphatic rings. The molecule has 2 aromatic carbocycles. The molecule has 3 nitrogen and oxygen atoms in total. The van der Waals surface area contributed by atoms with Crippen LogP contribution in [0, 0.1) is 0 Å². The van der Waals surface area contributed by atoms with E-state index in [9.17, 15) is 5.11 Å². The molecule has 0 heterocycles. The van der Waals surface area contributed by atoms with Crippen LogP contribution in [0.4, 0.5) is 0 Å². The molecule has 0 aliphatic carbocycles. The van der Waals surface area contributed by atoms with E-state index in [2.05, 4.69) is 6.58 Å². The van der Waals surface area contributed by atoms with E-state index >= 15 is 0 Å². The maximum Gasteiger partial charge on any atom is 0.127 e. The third kappa shape index (κ3) is 2.83. The number of phenolic OH excluding ortho intramolecular Hbond substituents is 1. The molecule has 0 amide bonds. The molecule has 0 radical (unpaired) electrons. The summed E-state index contributed by atoms with van der Waals surface area (Å²) in [5.41, 5.74) is 0.823. The van der Waals surface area contributed by atoms with Crippen LogP contribution in [-0.4, -0.2) is 12.2 Å². The molecule has 0 saturated carbocycles. The Bertz CT molecular complexity index is 527. The van der Waals surface area contributed by atoms with Gasteiger partial charge in [0.1, 0.15) is 23.0 Å². The lowest BCUT2D eigenvalue weighted by molar-refractivity contribution is 0.413. The van der Waals surface area contributed by atoms with Gasteiger partial charge in [0.15, 0.2) is 0 Å². The molecule has 0 aliphatic heterocycles. The highest BCUT2D eigenvalue weighted by atomic mass is 16.5. The van der Waals surface area contributed by atoms with Crippen molar-refractivity contribution < 1.29 is 14.6 Å². The highest BCUT2D eigenvalue weighted by Crippen LogP contribution is 2.23. The highest BCUT2D eigenvalue weighted by molar-refractivity contribution is 5.60. The zero-order chi connectivity index (χ0) is 13.0. The fourth-order valence-electron chi connectivity index (χ4n) is 1.49. The molecular formula is C15H14O3. The minimum atomic E-state index is 0.219. The third-order valence-corrected chi connectivity index (χ3v) is 2.49. The standard InChI is InChI=1S/C15H14O3/c1-11(12-3-5-13(16)6-4-12)18-15-9-7-14(17-2)8-10-15/h3-10,16H,1H2,2H3. The molecular weight excluding hydrogens is 228 g/mol. The molecule has 18 heavy (non-hydrogen) atoms. The maximum absolute atomic E-state index is 9.20. The van der Waals surface area contributed by atoms with Gasteiger partial charge in [-0.05, 0) is 48.5 Å². The van der Waals surface area contributed by atoms with Crippen molar-refractivity contribution >= 4 is 5.76 Å². The van der Waals surface area contributed by atoms with Crippen LogP contribution in [0.5, 0.6) is 17.2 Å². The van der Waals surface area contributed by atoms with Crippen LogP contribution in [-0.2, 0) is 0 Å². The SMILES string of the molecule is C=C(Oc1ccc(OC)cc1)c1ccc(O)cc1. The Hall–Kier alpha value is -2.42. The Morgan fingerprint density at radius 1 is 0.944 bits per heavy atom. The summed E-state index contributed by atoms with van der Waals surface area (Å²) in [5.74, 6) is 2.21. The van der Waals surface area contributed by atoms with E-state index in [1.54, 1.807) is 31.4 Å². The first-order valence-electron chi connectivity index (χ1n) is 5.49. The van der Waals surface area contributed by atoms with Gasteiger partial charge in [0.2, 0.25) is 0 Å². The first kappa shape index (κ1) is 12.0. The van der Waals surface area contributed by atoms with Crippen molar-refractivity contribution in [3.8, 4) is 17.2 Å². The van der Waals surface area contributed by atoms with Crippen molar-refractivity contribution in [1.29, 1.82) is 0 Å². The van der Waals surface area contributed by atoms with Gasteiger partial charge in [0, 0.05) is 5.56 Å². The van der Waals surface area contributed by atoms with E-state index in [1.807, 2.05) is 24.3 Å². The monoisotopic (exact) mass is 242 g/mol. The highest BCUT2D eigenvalue weighted by Gasteiger charge is 2.02. The minimum absolute atomic E-state index is 0.219. The van der Waals surface area contributed by atoms with Crippen LogP contribution in [0.15, 0.2) is 55.1 Å². The molecule has 0 atom stereocenters. The molecule has 0 saturated heterocycles. The largest absolute Gasteiger partial charge is 0.508 e. The molecule has 0 fully saturated rings. The van der Waals surface area contributed by atoms with Crippen molar-refractivity contribution in [3.63, 3.8) is 0 Å². The zero-order valence-corrected chi connectivity index (χ0v) is 10.1. The predicted octanol–water partition coefficient (Wildman–Crippen LogP) is 3.45. The Morgan fingerprint density at radius 3 is 2.06 bits per heavy atom. The van der Waals surface area contributed by atoms with Crippen molar-refractivity contribution in [1.82, 2.24) is 0 Å². The first-order chi connectivity index (χ1) is 8.69. The number of hydrogen-bond donors (Lipinski definition) is 1. The molecule has 2 rings (SSSR count). The zero-order valence-electron chi connectivity index (χ0n) is 10.1. The molecule has 2 aromatic rings. The number of benzene rings is 2. The summed E-state index contributed by atoms with van der Waals surface area (Å²) in [6.45, 7) is 3.86. The summed E-state index contributed by atoms with van der Waals surface area (Å²) in [6.07, 6.45) is 0. The first-order valence-corrected chi connectivity index (χ1v) is 5.49. The topological polar surface area (TPSA) is 38.7 Å². The summed E-state index contributed by atoms with van der Waals surface area (Å²) in [6, 6.07) is 14.0. The van der Waals surface area contributed by atoms with E-state index in [1.165, 1.54) is 0 Å². The van der Waals surface area contributed by atoms with Crippen molar-refractivity contribution in [2.75, 3.05) is 7.11 Å². The fraction of sp³-hybridized carbons (Fsp3) is 0.0667.